The molecule has 0 aliphatic carbocycles. The van der Waals surface area contributed by atoms with Gasteiger partial charge in [-0.1, -0.05) is 18.2 Å². The molecule has 1 aromatic carbocycles. The number of imidazole rings is 1. The zero-order chi connectivity index (χ0) is 16.1. The van der Waals surface area contributed by atoms with Crippen LogP contribution in [0.2, 0.25) is 0 Å². The summed E-state index contributed by atoms with van der Waals surface area (Å²) in [5.41, 5.74) is 2.09. The van der Waals surface area contributed by atoms with Gasteiger partial charge >= 0.3 is 0 Å². The van der Waals surface area contributed by atoms with E-state index in [0.29, 0.717) is 6.54 Å². The highest BCUT2D eigenvalue weighted by atomic mass is 127. The minimum Gasteiger partial charge on any atom is -0.459 e. The Kier molecular flexibility index (Phi) is 6.65. The molecule has 0 spiro atoms. The molecule has 0 radical (unpaired) electrons. The molecule has 0 unspecified atom stereocenters. The number of hydrogen-bond donors (Lipinski definition) is 2. The molecular weight excluding hydrogens is 417 g/mol. The first-order valence-corrected chi connectivity index (χ1v) is 7.65. The van der Waals surface area contributed by atoms with E-state index in [1.807, 2.05) is 29.0 Å². The lowest BCUT2D eigenvalue weighted by atomic mass is 10.1. The van der Waals surface area contributed by atoms with Gasteiger partial charge < -0.3 is 19.6 Å². The monoisotopic (exact) mass is 439 g/mol. The first-order valence-electron chi connectivity index (χ1n) is 7.65. The average molecular weight is 439 g/mol. The Labute approximate surface area is 158 Å². The summed E-state index contributed by atoms with van der Waals surface area (Å²) in [4.78, 5) is 8.26. The van der Waals surface area contributed by atoms with Gasteiger partial charge in [-0.2, -0.15) is 0 Å². The number of aromatic nitrogens is 2. The Balaban J connectivity index is 0.00000208. The zero-order valence-corrected chi connectivity index (χ0v) is 16.2. The molecule has 6 nitrogen and oxygen atoms in total. The fourth-order valence-corrected chi connectivity index (χ4v) is 2.50. The van der Waals surface area contributed by atoms with Crippen molar-refractivity contribution in [1.82, 2.24) is 20.2 Å². The number of furan rings is 1. The van der Waals surface area contributed by atoms with Crippen LogP contribution >= 0.6 is 24.0 Å². The molecule has 2 heterocycles. The van der Waals surface area contributed by atoms with Gasteiger partial charge in [-0.3, -0.25) is 4.99 Å². The van der Waals surface area contributed by atoms with Gasteiger partial charge in [0, 0.05) is 43.5 Å². The lowest BCUT2D eigenvalue weighted by Crippen LogP contribution is -2.38. The topological polar surface area (TPSA) is 67.4 Å². The second-order valence-corrected chi connectivity index (χ2v) is 5.30. The summed E-state index contributed by atoms with van der Waals surface area (Å²) in [6.45, 7) is 4.29. The molecule has 0 amide bonds. The van der Waals surface area contributed by atoms with Gasteiger partial charge in [0.25, 0.3) is 0 Å². The summed E-state index contributed by atoms with van der Waals surface area (Å²) in [6, 6.07) is 8.08. The van der Waals surface area contributed by atoms with Crippen molar-refractivity contribution in [3.63, 3.8) is 0 Å². The molecule has 128 valence electrons. The number of rotatable bonds is 5. The second kappa shape index (κ2) is 8.72. The molecule has 0 saturated heterocycles. The van der Waals surface area contributed by atoms with E-state index in [4.69, 9.17) is 4.42 Å². The summed E-state index contributed by atoms with van der Waals surface area (Å²) in [6.07, 6.45) is 5.52. The van der Waals surface area contributed by atoms with Gasteiger partial charge in [0.15, 0.2) is 5.96 Å². The summed E-state index contributed by atoms with van der Waals surface area (Å²) in [5, 5.41) is 7.73. The third kappa shape index (κ3) is 4.28. The summed E-state index contributed by atoms with van der Waals surface area (Å²) in [5.74, 6) is 1.69. The van der Waals surface area contributed by atoms with E-state index < -0.39 is 0 Å². The van der Waals surface area contributed by atoms with Gasteiger partial charge in [0.05, 0.1) is 12.9 Å². The highest BCUT2D eigenvalue weighted by Crippen LogP contribution is 2.24. The lowest BCUT2D eigenvalue weighted by molar-refractivity contribution is 0.534. The first kappa shape index (κ1) is 18.3. The van der Waals surface area contributed by atoms with Crippen molar-refractivity contribution in [1.29, 1.82) is 0 Å². The van der Waals surface area contributed by atoms with Crippen LogP contribution in [0.3, 0.4) is 0 Å². The van der Waals surface area contributed by atoms with Crippen molar-refractivity contribution in [2.75, 3.05) is 13.6 Å². The SMILES string of the molecule is CN=C(NCCn1ccnc1)NCc1oc2ccccc2c1C.I. The maximum absolute atomic E-state index is 5.90. The molecule has 3 aromatic rings. The van der Waals surface area contributed by atoms with Crippen molar-refractivity contribution in [2.24, 2.45) is 4.99 Å². The third-order valence-electron chi connectivity index (χ3n) is 3.80. The van der Waals surface area contributed by atoms with Crippen LogP contribution in [0.25, 0.3) is 11.0 Å². The molecule has 0 fully saturated rings. The molecule has 3 rings (SSSR count). The maximum atomic E-state index is 5.90. The highest BCUT2D eigenvalue weighted by Gasteiger charge is 2.10. The number of aryl methyl sites for hydroxylation is 1. The molecule has 2 N–H and O–H groups in total. The molecule has 24 heavy (non-hydrogen) atoms. The highest BCUT2D eigenvalue weighted by molar-refractivity contribution is 14.0. The standard InChI is InChI=1S/C17H21N5O.HI/c1-13-14-5-3-4-6-15(14)23-16(13)11-21-17(18-2)20-8-10-22-9-7-19-12-22;/h3-7,9,12H,8,10-11H2,1-2H3,(H2,18,20,21);1H. The number of nitrogens with one attached hydrogen (secondary N) is 2. The van der Waals surface area contributed by atoms with Crippen LogP contribution < -0.4 is 10.6 Å². The number of fused-ring (bicyclic) bond motifs is 1. The van der Waals surface area contributed by atoms with E-state index in [2.05, 4.69) is 33.6 Å². The van der Waals surface area contributed by atoms with Crippen molar-refractivity contribution in [3.8, 4) is 0 Å². The summed E-state index contributed by atoms with van der Waals surface area (Å²) < 4.78 is 7.92. The average Bonchev–Trinajstić information content (AvgIpc) is 3.19. The quantitative estimate of drug-likeness (QED) is 0.365. The van der Waals surface area contributed by atoms with E-state index in [0.717, 1.165) is 35.8 Å². The van der Waals surface area contributed by atoms with Crippen LogP contribution in [0.1, 0.15) is 11.3 Å². The molecule has 0 bridgehead atoms. The molecule has 0 saturated carbocycles. The number of aliphatic imine (C=N–C) groups is 1. The van der Waals surface area contributed by atoms with E-state index in [1.54, 1.807) is 19.6 Å². The number of halogens is 1. The van der Waals surface area contributed by atoms with Crippen LogP contribution in [0.15, 0.2) is 52.4 Å². The predicted molar refractivity (Wildman–Crippen MR) is 107 cm³/mol. The molecule has 2 aromatic heterocycles. The summed E-state index contributed by atoms with van der Waals surface area (Å²) in [7, 11) is 1.76. The molecular formula is C17H22IN5O. The van der Waals surface area contributed by atoms with E-state index in [1.165, 1.54) is 5.56 Å². The van der Waals surface area contributed by atoms with Crippen LogP contribution in [-0.2, 0) is 13.1 Å². The fourth-order valence-electron chi connectivity index (χ4n) is 2.50. The van der Waals surface area contributed by atoms with Crippen LogP contribution in [0.5, 0.6) is 0 Å². The number of para-hydroxylation sites is 1. The Morgan fingerprint density at radius 1 is 1.29 bits per heavy atom. The van der Waals surface area contributed by atoms with Gasteiger partial charge in [0.2, 0.25) is 0 Å². The number of hydrogen-bond acceptors (Lipinski definition) is 3. The van der Waals surface area contributed by atoms with Crippen LogP contribution in [-0.4, -0.2) is 29.1 Å². The van der Waals surface area contributed by atoms with E-state index >= 15 is 0 Å². The van der Waals surface area contributed by atoms with Crippen molar-refractivity contribution >= 4 is 40.9 Å². The number of guanidine groups is 1. The van der Waals surface area contributed by atoms with Gasteiger partial charge in [0.1, 0.15) is 11.3 Å². The maximum Gasteiger partial charge on any atom is 0.191 e. The Morgan fingerprint density at radius 2 is 2.12 bits per heavy atom. The predicted octanol–water partition coefficient (Wildman–Crippen LogP) is 2.92. The van der Waals surface area contributed by atoms with Gasteiger partial charge in [-0.15, -0.1) is 24.0 Å². The van der Waals surface area contributed by atoms with Crippen molar-refractivity contribution in [2.45, 2.75) is 20.0 Å². The Bertz CT molecular complexity index is 795. The van der Waals surface area contributed by atoms with Crippen LogP contribution in [0.4, 0.5) is 0 Å². The first-order chi connectivity index (χ1) is 11.3. The second-order valence-electron chi connectivity index (χ2n) is 5.30. The van der Waals surface area contributed by atoms with Crippen LogP contribution in [0, 0.1) is 6.92 Å². The minimum atomic E-state index is 0. The smallest absolute Gasteiger partial charge is 0.191 e. The third-order valence-corrected chi connectivity index (χ3v) is 3.80. The normalized spacial score (nSPS) is 11.3. The van der Waals surface area contributed by atoms with Crippen molar-refractivity contribution < 1.29 is 4.42 Å². The minimum absolute atomic E-state index is 0. The molecule has 0 aliphatic rings. The molecule has 0 atom stereocenters. The Hall–Kier alpha value is -2.03. The van der Waals surface area contributed by atoms with Gasteiger partial charge in [-0.05, 0) is 13.0 Å². The number of nitrogens with zero attached hydrogens (tertiary/aromatic N) is 3. The molecule has 0 aliphatic heterocycles. The zero-order valence-electron chi connectivity index (χ0n) is 13.8. The van der Waals surface area contributed by atoms with Crippen molar-refractivity contribution in [3.05, 3.63) is 54.3 Å². The van der Waals surface area contributed by atoms with Gasteiger partial charge in [-0.25, -0.2) is 4.98 Å². The van der Waals surface area contributed by atoms with E-state index in [9.17, 15) is 0 Å². The lowest BCUT2D eigenvalue weighted by Gasteiger charge is -2.11. The number of benzene rings is 1. The summed E-state index contributed by atoms with van der Waals surface area (Å²) >= 11 is 0. The molecule has 7 heteroatoms. The fraction of sp³-hybridized carbons (Fsp3) is 0.294. The largest absolute Gasteiger partial charge is 0.459 e. The van der Waals surface area contributed by atoms with E-state index in [-0.39, 0.29) is 24.0 Å². The Morgan fingerprint density at radius 3 is 2.83 bits per heavy atom.